The van der Waals surface area contributed by atoms with E-state index in [2.05, 4.69) is 15.8 Å². The molecule has 3 heterocycles. The van der Waals surface area contributed by atoms with Gasteiger partial charge in [0, 0.05) is 30.8 Å². The van der Waals surface area contributed by atoms with Crippen LogP contribution >= 0.6 is 11.6 Å². The molecule has 31 heavy (non-hydrogen) atoms. The number of morpholine rings is 1. The summed E-state index contributed by atoms with van der Waals surface area (Å²) < 4.78 is 21.3. The Hall–Kier alpha value is -2.87. The molecule has 1 saturated heterocycles. The predicted octanol–water partition coefficient (Wildman–Crippen LogP) is 4.02. The van der Waals surface area contributed by atoms with Gasteiger partial charge in [-0.3, -0.25) is 15.8 Å². The van der Waals surface area contributed by atoms with Crippen molar-refractivity contribution in [2.75, 3.05) is 38.3 Å². The summed E-state index contributed by atoms with van der Waals surface area (Å²) in [5.41, 5.74) is 10.3. The van der Waals surface area contributed by atoms with Gasteiger partial charge in [0.2, 0.25) is 0 Å². The van der Waals surface area contributed by atoms with Gasteiger partial charge in [-0.1, -0.05) is 54.1 Å². The van der Waals surface area contributed by atoms with E-state index in [1.165, 1.54) is 12.1 Å². The zero-order valence-corrected chi connectivity index (χ0v) is 17.7. The summed E-state index contributed by atoms with van der Waals surface area (Å²) in [6, 6.07) is 16.3. The fraction of sp³-hybridized carbons (Fsp3) is 0.261. The largest absolute Gasteiger partial charge is 0.379 e. The predicted molar refractivity (Wildman–Crippen MR) is 121 cm³/mol. The minimum atomic E-state index is -0.306. The molecule has 0 amide bonds. The average Bonchev–Trinajstić information content (AvgIpc) is 3.19. The molecule has 0 spiro atoms. The molecule has 2 aromatic carbocycles. The van der Waals surface area contributed by atoms with Crippen molar-refractivity contribution in [1.29, 1.82) is 0 Å². The highest BCUT2D eigenvalue weighted by atomic mass is 35.5. The zero-order chi connectivity index (χ0) is 21.2. The van der Waals surface area contributed by atoms with Crippen LogP contribution < -0.4 is 10.9 Å². The summed E-state index contributed by atoms with van der Waals surface area (Å²) in [4.78, 5) is 2.35. The van der Waals surface area contributed by atoms with Crippen molar-refractivity contribution in [2.45, 2.75) is 6.54 Å². The molecule has 6 nitrogen and oxygen atoms in total. The Bertz CT molecular complexity index is 1110. The van der Waals surface area contributed by atoms with Gasteiger partial charge < -0.3 is 4.74 Å². The van der Waals surface area contributed by atoms with Crippen LogP contribution in [-0.2, 0) is 11.3 Å². The average molecular weight is 440 g/mol. The van der Waals surface area contributed by atoms with E-state index in [4.69, 9.17) is 21.4 Å². The number of fused-ring (bicyclic) bond motifs is 1. The Balaban J connectivity index is 1.56. The van der Waals surface area contributed by atoms with Crippen molar-refractivity contribution in [3.8, 4) is 11.3 Å². The number of benzene rings is 2. The molecule has 0 bridgehead atoms. The topological polar surface area (TPSA) is 54.4 Å². The van der Waals surface area contributed by atoms with Gasteiger partial charge in [0.05, 0.1) is 36.1 Å². The van der Waals surface area contributed by atoms with Crippen LogP contribution in [0.1, 0.15) is 11.1 Å². The van der Waals surface area contributed by atoms with Gasteiger partial charge in [0.15, 0.2) is 5.82 Å². The van der Waals surface area contributed by atoms with Gasteiger partial charge in [0.1, 0.15) is 11.5 Å². The van der Waals surface area contributed by atoms with Crippen LogP contribution in [0.15, 0.2) is 54.6 Å². The Morgan fingerprint density at radius 2 is 1.74 bits per heavy atom. The smallest absolute Gasteiger partial charge is 0.152 e. The van der Waals surface area contributed by atoms with Gasteiger partial charge in [-0.15, -0.1) is 0 Å². The van der Waals surface area contributed by atoms with Crippen molar-refractivity contribution < 1.29 is 9.13 Å². The van der Waals surface area contributed by atoms with Crippen molar-refractivity contribution in [2.24, 2.45) is 0 Å². The SMILES string of the molecule is Fc1cccc(-c2nn(CCN3CCOCC3)c3c2C(Cl)=C(c2ccccc2)NN3)c1. The molecule has 0 radical (unpaired) electrons. The lowest BCUT2D eigenvalue weighted by Gasteiger charge is -2.27. The summed E-state index contributed by atoms with van der Waals surface area (Å²) >= 11 is 6.91. The molecule has 5 rings (SSSR count). The van der Waals surface area contributed by atoms with Gasteiger partial charge in [-0.2, -0.15) is 5.10 Å². The normalized spacial score (nSPS) is 16.6. The molecule has 8 heteroatoms. The first-order chi connectivity index (χ1) is 15.2. The third-order valence-electron chi connectivity index (χ3n) is 5.59. The van der Waals surface area contributed by atoms with Crippen molar-refractivity contribution in [3.63, 3.8) is 0 Å². The highest BCUT2D eigenvalue weighted by molar-refractivity contribution is 6.53. The van der Waals surface area contributed by atoms with Crippen LogP contribution in [0.25, 0.3) is 22.0 Å². The third-order valence-corrected chi connectivity index (χ3v) is 5.97. The summed E-state index contributed by atoms with van der Waals surface area (Å²) in [6.45, 7) is 4.84. The number of hydrogen-bond acceptors (Lipinski definition) is 5. The number of nitrogens with zero attached hydrogens (tertiary/aromatic N) is 3. The number of aromatic nitrogens is 2. The van der Waals surface area contributed by atoms with Crippen LogP contribution in [-0.4, -0.2) is 47.5 Å². The monoisotopic (exact) mass is 439 g/mol. The minimum Gasteiger partial charge on any atom is -0.379 e. The second-order valence-electron chi connectivity index (χ2n) is 7.56. The summed E-state index contributed by atoms with van der Waals surface area (Å²) in [6.07, 6.45) is 0. The van der Waals surface area contributed by atoms with E-state index >= 15 is 0 Å². The van der Waals surface area contributed by atoms with Gasteiger partial charge in [-0.25, -0.2) is 9.07 Å². The molecule has 160 valence electrons. The maximum Gasteiger partial charge on any atom is 0.152 e. The Morgan fingerprint density at radius 3 is 2.52 bits per heavy atom. The number of hydrogen-bond donors (Lipinski definition) is 2. The molecule has 0 saturated carbocycles. The van der Waals surface area contributed by atoms with Crippen LogP contribution in [0, 0.1) is 5.82 Å². The van der Waals surface area contributed by atoms with Crippen LogP contribution in [0.4, 0.5) is 10.2 Å². The molecule has 2 aliphatic heterocycles. The molecule has 0 aliphatic carbocycles. The lowest BCUT2D eigenvalue weighted by atomic mass is 10.0. The molecule has 1 aromatic heterocycles. The van der Waals surface area contributed by atoms with Gasteiger partial charge >= 0.3 is 0 Å². The third kappa shape index (κ3) is 4.04. The molecular formula is C23H23ClFN5O. The summed E-state index contributed by atoms with van der Waals surface area (Å²) in [5.74, 6) is 0.469. The molecular weight excluding hydrogens is 417 g/mol. The van der Waals surface area contributed by atoms with E-state index in [1.807, 2.05) is 41.1 Å². The molecule has 2 N–H and O–H groups in total. The highest BCUT2D eigenvalue weighted by Crippen LogP contribution is 2.41. The number of anilines is 1. The van der Waals surface area contributed by atoms with E-state index in [9.17, 15) is 4.39 Å². The van der Waals surface area contributed by atoms with Crippen LogP contribution in [0.2, 0.25) is 0 Å². The van der Waals surface area contributed by atoms with Crippen LogP contribution in [0.3, 0.4) is 0 Å². The fourth-order valence-electron chi connectivity index (χ4n) is 3.96. The molecule has 3 aromatic rings. The van der Waals surface area contributed by atoms with E-state index in [1.54, 1.807) is 6.07 Å². The van der Waals surface area contributed by atoms with Crippen molar-refractivity contribution in [3.05, 3.63) is 71.5 Å². The first kappa shape index (κ1) is 20.1. The molecule has 2 aliphatic rings. The quantitative estimate of drug-likeness (QED) is 0.629. The Kier molecular flexibility index (Phi) is 5.63. The van der Waals surface area contributed by atoms with Crippen molar-refractivity contribution in [1.82, 2.24) is 20.1 Å². The van der Waals surface area contributed by atoms with E-state index in [0.29, 0.717) is 22.8 Å². The van der Waals surface area contributed by atoms with E-state index in [0.717, 1.165) is 55.5 Å². The maximum absolute atomic E-state index is 14.0. The van der Waals surface area contributed by atoms with Gasteiger partial charge in [0.25, 0.3) is 0 Å². The number of ether oxygens (including phenoxy) is 1. The molecule has 0 unspecified atom stereocenters. The summed E-state index contributed by atoms with van der Waals surface area (Å²) in [7, 11) is 0. The van der Waals surface area contributed by atoms with Crippen LogP contribution in [0.5, 0.6) is 0 Å². The van der Waals surface area contributed by atoms with E-state index in [-0.39, 0.29) is 5.82 Å². The standard InChI is InChI=1S/C23H23ClFN5O/c24-20-19-21(17-7-4-8-18(25)15-17)28-30(10-9-29-11-13-31-14-12-29)23(19)27-26-22(20)16-5-2-1-3-6-16/h1-8,15,26-27H,9-14H2. The number of hydrazine groups is 1. The lowest BCUT2D eigenvalue weighted by molar-refractivity contribution is 0.0360. The molecule has 1 fully saturated rings. The Labute approximate surface area is 185 Å². The maximum atomic E-state index is 14.0. The first-order valence-electron chi connectivity index (χ1n) is 10.3. The lowest BCUT2D eigenvalue weighted by Crippen LogP contribution is -2.38. The number of nitrogens with one attached hydrogen (secondary N) is 2. The highest BCUT2D eigenvalue weighted by Gasteiger charge is 2.28. The second-order valence-corrected chi connectivity index (χ2v) is 7.94. The summed E-state index contributed by atoms with van der Waals surface area (Å²) in [5, 5.41) is 5.39. The molecule has 0 atom stereocenters. The minimum absolute atomic E-state index is 0.306. The fourth-order valence-corrected chi connectivity index (χ4v) is 4.30. The number of halogens is 2. The number of rotatable bonds is 5. The first-order valence-corrected chi connectivity index (χ1v) is 10.7. The second kappa shape index (κ2) is 8.70. The van der Waals surface area contributed by atoms with Gasteiger partial charge in [-0.05, 0) is 12.1 Å². The van der Waals surface area contributed by atoms with Crippen molar-refractivity contribution >= 4 is 28.1 Å². The van der Waals surface area contributed by atoms with E-state index < -0.39 is 0 Å². The Morgan fingerprint density at radius 1 is 0.968 bits per heavy atom. The zero-order valence-electron chi connectivity index (χ0n) is 16.9.